The Kier molecular flexibility index (Phi) is 4.79. The van der Waals surface area contributed by atoms with Crippen LogP contribution >= 0.6 is 0 Å². The van der Waals surface area contributed by atoms with E-state index in [9.17, 15) is 4.79 Å². The second-order valence-corrected chi connectivity index (χ2v) is 5.10. The van der Waals surface area contributed by atoms with Gasteiger partial charge in [0.25, 0.3) is 0 Å². The predicted octanol–water partition coefficient (Wildman–Crippen LogP) is 3.44. The molecule has 0 radical (unpaired) electrons. The Bertz CT molecular complexity index is 378. The van der Waals surface area contributed by atoms with Gasteiger partial charge in [-0.25, -0.2) is 4.79 Å². The number of nitrogens with zero attached hydrogens (tertiary/aromatic N) is 1. The highest BCUT2D eigenvalue weighted by atomic mass is 16.5. The molecule has 0 aromatic carbocycles. The second kappa shape index (κ2) is 5.89. The number of methoxy groups -OCH3 is 1. The minimum atomic E-state index is -0.255. The fraction of sp³-hybridized carbons (Fsp3) is 0.643. The first kappa shape index (κ1) is 13.8. The number of carbonyl (C=O) groups excluding carboxylic acids is 1. The average Bonchev–Trinajstić information content (AvgIpc) is 2.68. The van der Waals surface area contributed by atoms with Gasteiger partial charge in [-0.3, -0.25) is 0 Å². The average molecular weight is 237 g/mol. The van der Waals surface area contributed by atoms with Crippen LogP contribution in [-0.4, -0.2) is 17.6 Å². The van der Waals surface area contributed by atoms with E-state index in [1.165, 1.54) is 12.8 Å². The maximum absolute atomic E-state index is 11.6. The van der Waals surface area contributed by atoms with Crippen molar-refractivity contribution < 1.29 is 9.53 Å². The van der Waals surface area contributed by atoms with Gasteiger partial charge in [0, 0.05) is 11.7 Å². The summed E-state index contributed by atoms with van der Waals surface area (Å²) in [6, 6.07) is 4.18. The summed E-state index contributed by atoms with van der Waals surface area (Å²) in [4.78, 5) is 11.6. The quantitative estimate of drug-likeness (QED) is 0.734. The van der Waals surface area contributed by atoms with Crippen LogP contribution in [0, 0.1) is 5.92 Å². The molecule has 1 heterocycles. The zero-order valence-electron chi connectivity index (χ0n) is 11.5. The Morgan fingerprint density at radius 2 is 1.94 bits per heavy atom. The summed E-state index contributed by atoms with van der Waals surface area (Å²) < 4.78 is 6.88. The number of hydrogen-bond donors (Lipinski definition) is 0. The highest BCUT2D eigenvalue weighted by molar-refractivity contribution is 5.87. The molecule has 96 valence electrons. The van der Waals surface area contributed by atoms with E-state index < -0.39 is 0 Å². The van der Waals surface area contributed by atoms with Crippen LogP contribution in [0.1, 0.15) is 56.3 Å². The maximum Gasteiger partial charge on any atom is 0.354 e. The van der Waals surface area contributed by atoms with Gasteiger partial charge in [-0.05, 0) is 44.7 Å². The molecule has 0 atom stereocenters. The largest absolute Gasteiger partial charge is 0.464 e. The summed E-state index contributed by atoms with van der Waals surface area (Å²) >= 11 is 0. The number of carbonyl (C=O) groups is 1. The highest BCUT2D eigenvalue weighted by Gasteiger charge is 2.17. The van der Waals surface area contributed by atoms with Crippen molar-refractivity contribution in [1.82, 2.24) is 4.57 Å². The van der Waals surface area contributed by atoms with Crippen LogP contribution in [0.5, 0.6) is 0 Å². The smallest absolute Gasteiger partial charge is 0.354 e. The van der Waals surface area contributed by atoms with Crippen LogP contribution in [0.4, 0.5) is 0 Å². The molecule has 0 aliphatic rings. The van der Waals surface area contributed by atoms with Gasteiger partial charge in [-0.2, -0.15) is 0 Å². The Hall–Kier alpha value is -1.25. The molecule has 1 aromatic rings. The van der Waals surface area contributed by atoms with E-state index in [-0.39, 0.29) is 12.0 Å². The molecule has 17 heavy (non-hydrogen) atoms. The molecule has 0 unspecified atom stereocenters. The van der Waals surface area contributed by atoms with Crippen LogP contribution in [0.3, 0.4) is 0 Å². The Morgan fingerprint density at radius 1 is 1.29 bits per heavy atom. The molecule has 0 bridgehead atoms. The Labute approximate surface area is 104 Å². The SMILES string of the molecule is COC(=O)c1ccc(CCC(C)C)n1C(C)C. The van der Waals surface area contributed by atoms with E-state index in [0.717, 1.165) is 12.8 Å². The Balaban J connectivity index is 2.98. The van der Waals surface area contributed by atoms with Gasteiger partial charge < -0.3 is 9.30 Å². The van der Waals surface area contributed by atoms with Crippen molar-refractivity contribution in [3.63, 3.8) is 0 Å². The lowest BCUT2D eigenvalue weighted by Gasteiger charge is -2.16. The summed E-state index contributed by atoms with van der Waals surface area (Å²) in [5.41, 5.74) is 1.87. The molecular weight excluding hydrogens is 214 g/mol. The lowest BCUT2D eigenvalue weighted by Crippen LogP contribution is -2.15. The van der Waals surface area contributed by atoms with Crippen molar-refractivity contribution in [1.29, 1.82) is 0 Å². The van der Waals surface area contributed by atoms with E-state index >= 15 is 0 Å². The van der Waals surface area contributed by atoms with Crippen LogP contribution in [0.2, 0.25) is 0 Å². The van der Waals surface area contributed by atoms with E-state index in [0.29, 0.717) is 11.6 Å². The Morgan fingerprint density at radius 3 is 2.41 bits per heavy atom. The van der Waals surface area contributed by atoms with Crippen molar-refractivity contribution in [3.05, 3.63) is 23.5 Å². The number of hydrogen-bond acceptors (Lipinski definition) is 2. The van der Waals surface area contributed by atoms with Crippen LogP contribution in [0.25, 0.3) is 0 Å². The van der Waals surface area contributed by atoms with Gasteiger partial charge in [0.2, 0.25) is 0 Å². The fourth-order valence-electron chi connectivity index (χ4n) is 2.01. The normalized spacial score (nSPS) is 11.2. The summed E-state index contributed by atoms with van der Waals surface area (Å²) in [7, 11) is 1.42. The number of rotatable bonds is 5. The molecule has 0 N–H and O–H groups in total. The monoisotopic (exact) mass is 237 g/mol. The van der Waals surface area contributed by atoms with Gasteiger partial charge in [0.15, 0.2) is 0 Å². The van der Waals surface area contributed by atoms with Crippen molar-refractivity contribution in [2.45, 2.75) is 46.6 Å². The first-order chi connectivity index (χ1) is 7.97. The van der Waals surface area contributed by atoms with Crippen molar-refractivity contribution >= 4 is 5.97 Å². The van der Waals surface area contributed by atoms with E-state index in [4.69, 9.17) is 4.74 Å². The summed E-state index contributed by atoms with van der Waals surface area (Å²) in [5, 5.41) is 0. The molecule has 1 rings (SSSR count). The number of aryl methyl sites for hydroxylation is 1. The third kappa shape index (κ3) is 3.35. The van der Waals surface area contributed by atoms with Gasteiger partial charge in [0.1, 0.15) is 5.69 Å². The van der Waals surface area contributed by atoms with E-state index in [1.54, 1.807) is 0 Å². The van der Waals surface area contributed by atoms with Gasteiger partial charge in [-0.1, -0.05) is 13.8 Å². The predicted molar refractivity (Wildman–Crippen MR) is 69.3 cm³/mol. The summed E-state index contributed by atoms with van der Waals surface area (Å²) in [5.74, 6) is 0.418. The topological polar surface area (TPSA) is 31.2 Å². The standard InChI is InChI=1S/C14H23NO2/c1-10(2)6-7-12-8-9-13(14(16)17-5)15(12)11(3)4/h8-11H,6-7H2,1-5H3. The molecule has 0 saturated heterocycles. The highest BCUT2D eigenvalue weighted by Crippen LogP contribution is 2.19. The first-order valence-electron chi connectivity index (χ1n) is 6.25. The maximum atomic E-state index is 11.6. The van der Waals surface area contributed by atoms with Crippen molar-refractivity contribution in [2.24, 2.45) is 5.92 Å². The minimum absolute atomic E-state index is 0.255. The lowest BCUT2D eigenvalue weighted by atomic mass is 10.1. The molecule has 0 amide bonds. The van der Waals surface area contributed by atoms with Crippen LogP contribution in [0.15, 0.2) is 12.1 Å². The zero-order valence-corrected chi connectivity index (χ0v) is 11.5. The van der Waals surface area contributed by atoms with Crippen molar-refractivity contribution in [2.75, 3.05) is 7.11 Å². The first-order valence-corrected chi connectivity index (χ1v) is 6.25. The van der Waals surface area contributed by atoms with Crippen LogP contribution < -0.4 is 0 Å². The molecule has 3 nitrogen and oxygen atoms in total. The number of esters is 1. The molecular formula is C14H23NO2. The second-order valence-electron chi connectivity index (χ2n) is 5.10. The molecule has 1 aromatic heterocycles. The minimum Gasteiger partial charge on any atom is -0.464 e. The van der Waals surface area contributed by atoms with E-state index in [2.05, 4.69) is 32.3 Å². The fourth-order valence-corrected chi connectivity index (χ4v) is 2.01. The molecule has 0 spiro atoms. The van der Waals surface area contributed by atoms with E-state index in [1.807, 2.05) is 12.1 Å². The number of aromatic nitrogens is 1. The lowest BCUT2D eigenvalue weighted by molar-refractivity contribution is 0.0586. The molecule has 0 aliphatic heterocycles. The molecule has 0 fully saturated rings. The third-order valence-corrected chi connectivity index (χ3v) is 2.89. The summed E-state index contributed by atoms with van der Waals surface area (Å²) in [6.07, 6.45) is 2.14. The molecule has 0 saturated carbocycles. The summed E-state index contributed by atoms with van der Waals surface area (Å²) in [6.45, 7) is 8.60. The number of ether oxygens (including phenoxy) is 1. The molecule has 3 heteroatoms. The van der Waals surface area contributed by atoms with Gasteiger partial charge >= 0.3 is 5.97 Å². The third-order valence-electron chi connectivity index (χ3n) is 2.89. The van der Waals surface area contributed by atoms with Crippen LogP contribution in [-0.2, 0) is 11.2 Å². The molecule has 0 aliphatic carbocycles. The zero-order chi connectivity index (χ0) is 13.0. The van der Waals surface area contributed by atoms with Gasteiger partial charge in [-0.15, -0.1) is 0 Å². The van der Waals surface area contributed by atoms with Crippen molar-refractivity contribution in [3.8, 4) is 0 Å². The van der Waals surface area contributed by atoms with Gasteiger partial charge in [0.05, 0.1) is 7.11 Å².